The first-order chi connectivity index (χ1) is 16.9. The van der Waals surface area contributed by atoms with Crippen LogP contribution >= 0.6 is 0 Å². The van der Waals surface area contributed by atoms with Gasteiger partial charge in [-0.05, 0) is 61.1 Å². The van der Waals surface area contributed by atoms with E-state index >= 15 is 0 Å². The predicted molar refractivity (Wildman–Crippen MR) is 133 cm³/mol. The van der Waals surface area contributed by atoms with E-state index in [0.29, 0.717) is 0 Å². The Morgan fingerprint density at radius 2 is 1.78 bits per heavy atom. The average Bonchev–Trinajstić information content (AvgIpc) is 2.81. The molecule has 0 amide bonds. The van der Waals surface area contributed by atoms with Crippen molar-refractivity contribution in [3.8, 4) is 17.2 Å². The molecule has 3 aromatic rings. The Hall–Kier alpha value is -3.00. The number of nitrogens with zero attached hydrogens (tertiary/aromatic N) is 1. The topological polar surface area (TPSA) is 62.9 Å². The Morgan fingerprint density at radius 1 is 1.08 bits per heavy atom. The Morgan fingerprint density at radius 3 is 2.39 bits per heavy atom. The summed E-state index contributed by atoms with van der Waals surface area (Å²) in [5, 5.41) is 10.5. The minimum absolute atomic E-state index is 0.0674. The number of likely N-dealkylation sites (tertiary alicyclic amines) is 1. The smallest absolute Gasteiger partial charge is 0.453 e. The fourth-order valence-corrected chi connectivity index (χ4v) is 4.79. The summed E-state index contributed by atoms with van der Waals surface area (Å²) in [7, 11) is 0. The molecule has 1 N–H and O–H groups in total. The molecular formula is C28H32F3NO4. The van der Waals surface area contributed by atoms with Gasteiger partial charge in [0.05, 0.1) is 10.9 Å². The molecule has 2 heterocycles. The first kappa shape index (κ1) is 26.1. The van der Waals surface area contributed by atoms with Gasteiger partial charge in [0.25, 0.3) is 5.76 Å². The third-order valence-corrected chi connectivity index (χ3v) is 6.88. The molecule has 0 aliphatic carbocycles. The van der Waals surface area contributed by atoms with Crippen LogP contribution in [0.25, 0.3) is 11.0 Å². The van der Waals surface area contributed by atoms with Gasteiger partial charge >= 0.3 is 6.18 Å². The van der Waals surface area contributed by atoms with Crippen LogP contribution in [0.15, 0.2) is 45.6 Å². The number of fused-ring (bicyclic) bond motifs is 1. The lowest BCUT2D eigenvalue weighted by atomic mass is 9.87. The van der Waals surface area contributed by atoms with Gasteiger partial charge in [0.15, 0.2) is 0 Å². The molecule has 0 spiro atoms. The van der Waals surface area contributed by atoms with Crippen molar-refractivity contribution >= 4 is 11.0 Å². The van der Waals surface area contributed by atoms with E-state index in [2.05, 4.69) is 11.8 Å². The van der Waals surface area contributed by atoms with E-state index in [0.717, 1.165) is 37.8 Å². The molecule has 1 fully saturated rings. The van der Waals surface area contributed by atoms with Crippen molar-refractivity contribution in [2.24, 2.45) is 0 Å². The van der Waals surface area contributed by atoms with Crippen LogP contribution in [0, 0.1) is 0 Å². The maximum atomic E-state index is 14.1. The number of hydrogen-bond donors (Lipinski definition) is 1. The second-order valence-electron chi connectivity index (χ2n) is 10.4. The van der Waals surface area contributed by atoms with Crippen molar-refractivity contribution in [1.29, 1.82) is 0 Å². The number of hydrogen-bond acceptors (Lipinski definition) is 5. The second kappa shape index (κ2) is 9.81. The second-order valence-corrected chi connectivity index (χ2v) is 10.4. The van der Waals surface area contributed by atoms with Gasteiger partial charge in [0.1, 0.15) is 17.1 Å². The van der Waals surface area contributed by atoms with E-state index in [1.807, 2.05) is 20.8 Å². The molecule has 1 saturated heterocycles. The number of alkyl halides is 3. The van der Waals surface area contributed by atoms with E-state index in [9.17, 15) is 23.1 Å². The highest BCUT2D eigenvalue weighted by Gasteiger charge is 2.41. The summed E-state index contributed by atoms with van der Waals surface area (Å²) in [5.74, 6) is -2.54. The maximum absolute atomic E-state index is 14.1. The average molecular weight is 504 g/mol. The van der Waals surface area contributed by atoms with Gasteiger partial charge in [-0.25, -0.2) is 0 Å². The van der Waals surface area contributed by atoms with Gasteiger partial charge in [0, 0.05) is 12.6 Å². The predicted octanol–water partition coefficient (Wildman–Crippen LogP) is 7.37. The third kappa shape index (κ3) is 5.24. The van der Waals surface area contributed by atoms with Crippen molar-refractivity contribution in [2.45, 2.75) is 77.6 Å². The molecule has 4 rings (SSSR count). The molecule has 2 aromatic carbocycles. The highest BCUT2D eigenvalue weighted by Crippen LogP contribution is 2.40. The molecule has 36 heavy (non-hydrogen) atoms. The zero-order chi connectivity index (χ0) is 26.3. The lowest BCUT2D eigenvalue weighted by Gasteiger charge is -2.35. The van der Waals surface area contributed by atoms with Crippen LogP contribution in [0.2, 0.25) is 0 Å². The van der Waals surface area contributed by atoms with Crippen LogP contribution in [-0.2, 0) is 18.1 Å². The first-order valence-corrected chi connectivity index (χ1v) is 12.3. The minimum atomic E-state index is -4.98. The summed E-state index contributed by atoms with van der Waals surface area (Å²) in [6, 6.07) is 9.44. The summed E-state index contributed by atoms with van der Waals surface area (Å²) in [5.41, 5.74) is -0.198. The summed E-state index contributed by atoms with van der Waals surface area (Å²) >= 11 is 0. The van der Waals surface area contributed by atoms with E-state index in [1.54, 1.807) is 12.1 Å². The summed E-state index contributed by atoms with van der Waals surface area (Å²) < 4.78 is 53.2. The lowest BCUT2D eigenvalue weighted by molar-refractivity contribution is -0.154. The largest absolute Gasteiger partial charge is 0.507 e. The summed E-state index contributed by atoms with van der Waals surface area (Å²) in [4.78, 5) is 15.5. The fourth-order valence-electron chi connectivity index (χ4n) is 4.79. The van der Waals surface area contributed by atoms with Crippen molar-refractivity contribution in [1.82, 2.24) is 4.90 Å². The number of benzene rings is 2. The quantitative estimate of drug-likeness (QED) is 0.394. The number of halogens is 3. The van der Waals surface area contributed by atoms with E-state index in [4.69, 9.17) is 9.15 Å². The van der Waals surface area contributed by atoms with Gasteiger partial charge < -0.3 is 14.3 Å². The standard InChI is InChI=1S/C28H32F3NO4/c1-5-18-8-6-7-15-32(18)16-21-22(33)14-13-20-23(34)25(26(28(29,30)31)36-24(20)21)35-19-11-9-17(10-12-19)27(2,3)4/h9-14,18,33H,5-8,15-16H2,1-4H3. The highest BCUT2D eigenvalue weighted by molar-refractivity contribution is 5.83. The molecule has 1 aromatic heterocycles. The zero-order valence-electron chi connectivity index (χ0n) is 21.0. The van der Waals surface area contributed by atoms with Gasteiger partial charge in [-0.2, -0.15) is 13.2 Å². The van der Waals surface area contributed by atoms with Crippen molar-refractivity contribution in [3.63, 3.8) is 0 Å². The first-order valence-electron chi connectivity index (χ1n) is 12.3. The van der Waals surface area contributed by atoms with Crippen molar-refractivity contribution < 1.29 is 27.4 Å². The molecule has 1 unspecified atom stereocenters. The molecule has 0 bridgehead atoms. The fraction of sp³-hybridized carbons (Fsp3) is 0.464. The number of piperidine rings is 1. The third-order valence-electron chi connectivity index (χ3n) is 6.88. The highest BCUT2D eigenvalue weighted by atomic mass is 19.4. The van der Waals surface area contributed by atoms with E-state index in [-0.39, 0.29) is 46.0 Å². The maximum Gasteiger partial charge on any atom is 0.453 e. The molecule has 1 aliphatic rings. The number of rotatable bonds is 5. The van der Waals surface area contributed by atoms with Gasteiger partial charge in [-0.1, -0.05) is 46.2 Å². The van der Waals surface area contributed by atoms with Gasteiger partial charge in [0.2, 0.25) is 11.2 Å². The van der Waals surface area contributed by atoms with E-state index < -0.39 is 23.1 Å². The summed E-state index contributed by atoms with van der Waals surface area (Å²) in [6.07, 6.45) is -1.07. The SMILES string of the molecule is CCC1CCCCN1Cc1c(O)ccc2c(=O)c(Oc3ccc(C(C)(C)C)cc3)c(C(F)(F)F)oc12. The molecule has 0 radical (unpaired) electrons. The zero-order valence-corrected chi connectivity index (χ0v) is 21.0. The minimum Gasteiger partial charge on any atom is -0.507 e. The van der Waals surface area contributed by atoms with Crippen molar-refractivity contribution in [3.05, 3.63) is 63.5 Å². The molecule has 0 saturated carbocycles. The Balaban J connectivity index is 1.82. The molecule has 1 aliphatic heterocycles. The van der Waals surface area contributed by atoms with Crippen LogP contribution in [-0.4, -0.2) is 22.6 Å². The molecule has 194 valence electrons. The molecule has 5 nitrogen and oxygen atoms in total. The van der Waals surface area contributed by atoms with Gasteiger partial charge in [-0.15, -0.1) is 0 Å². The van der Waals surface area contributed by atoms with Crippen LogP contribution in [0.3, 0.4) is 0 Å². The number of phenolic OH excluding ortho intramolecular Hbond substituents is 1. The van der Waals surface area contributed by atoms with Crippen LogP contribution in [0.5, 0.6) is 17.2 Å². The number of ether oxygens (including phenoxy) is 1. The molecule has 8 heteroatoms. The molecular weight excluding hydrogens is 471 g/mol. The van der Waals surface area contributed by atoms with Crippen molar-refractivity contribution in [2.75, 3.05) is 6.54 Å². The van der Waals surface area contributed by atoms with E-state index in [1.165, 1.54) is 24.3 Å². The Kier molecular flexibility index (Phi) is 7.10. The van der Waals surface area contributed by atoms with Crippen LogP contribution in [0.1, 0.15) is 70.3 Å². The molecule has 1 atom stereocenters. The Labute approximate surface area is 208 Å². The van der Waals surface area contributed by atoms with Crippen LogP contribution in [0.4, 0.5) is 13.2 Å². The number of aromatic hydroxyl groups is 1. The lowest BCUT2D eigenvalue weighted by Crippen LogP contribution is -2.38. The van der Waals surface area contributed by atoms with Crippen LogP contribution < -0.4 is 10.2 Å². The van der Waals surface area contributed by atoms with Gasteiger partial charge in [-0.3, -0.25) is 9.69 Å². The Bertz CT molecular complexity index is 1290. The monoisotopic (exact) mass is 503 g/mol. The number of phenols is 1. The normalized spacial score (nSPS) is 17.5. The summed E-state index contributed by atoms with van der Waals surface area (Å²) in [6.45, 7) is 9.06.